The van der Waals surface area contributed by atoms with Gasteiger partial charge in [0.15, 0.2) is 0 Å². The topological polar surface area (TPSA) is 66.9 Å². The molecule has 1 saturated heterocycles. The summed E-state index contributed by atoms with van der Waals surface area (Å²) in [5.41, 5.74) is 0.875. The van der Waals surface area contributed by atoms with Gasteiger partial charge in [-0.15, -0.1) is 11.6 Å². The van der Waals surface area contributed by atoms with Gasteiger partial charge in [-0.3, -0.25) is 4.79 Å². The van der Waals surface area contributed by atoms with Gasteiger partial charge in [0.05, 0.1) is 16.1 Å². The largest absolute Gasteiger partial charge is 0.353 e. The van der Waals surface area contributed by atoms with E-state index in [1.165, 1.54) is 0 Å². The van der Waals surface area contributed by atoms with Gasteiger partial charge in [0.25, 0.3) is 0 Å². The number of alkyl halides is 1. The predicted molar refractivity (Wildman–Crippen MR) is 94.6 cm³/mol. The van der Waals surface area contributed by atoms with Crippen LogP contribution in [-0.4, -0.2) is 33.3 Å². The third kappa shape index (κ3) is 3.79. The van der Waals surface area contributed by atoms with E-state index >= 15 is 0 Å². The van der Waals surface area contributed by atoms with Crippen molar-refractivity contribution in [3.05, 3.63) is 16.4 Å². The Morgan fingerprint density at radius 3 is 2.96 bits per heavy atom. The van der Waals surface area contributed by atoms with E-state index in [4.69, 9.17) is 11.6 Å². The molecule has 1 aromatic rings. The quantitative estimate of drug-likeness (QED) is 0.763. The molecule has 2 N–H and O–H groups in total. The molecule has 5 atom stereocenters. The van der Waals surface area contributed by atoms with Gasteiger partial charge in [-0.2, -0.15) is 0 Å². The third-order valence-electron chi connectivity index (χ3n) is 5.02. The molecule has 7 heteroatoms. The van der Waals surface area contributed by atoms with Crippen molar-refractivity contribution in [2.24, 2.45) is 11.8 Å². The minimum Gasteiger partial charge on any atom is -0.353 e. The van der Waals surface area contributed by atoms with Gasteiger partial charge in [0, 0.05) is 23.7 Å². The van der Waals surface area contributed by atoms with Crippen LogP contribution >= 0.6 is 27.5 Å². The van der Waals surface area contributed by atoms with Crippen molar-refractivity contribution in [3.63, 3.8) is 0 Å². The first-order valence-corrected chi connectivity index (χ1v) is 9.37. The van der Waals surface area contributed by atoms with Crippen LogP contribution in [0.1, 0.15) is 38.3 Å². The molecular formula is C16H22BrClN4O. The highest BCUT2D eigenvalue weighted by molar-refractivity contribution is 9.10. The number of piperidine rings is 1. The van der Waals surface area contributed by atoms with E-state index in [1.54, 1.807) is 6.20 Å². The molecule has 2 aliphatic rings. The second-order valence-electron chi connectivity index (χ2n) is 6.69. The fourth-order valence-electron chi connectivity index (χ4n) is 3.64. The Kier molecular flexibility index (Phi) is 5.11. The zero-order valence-electron chi connectivity index (χ0n) is 13.4. The van der Waals surface area contributed by atoms with Crippen LogP contribution < -0.4 is 10.6 Å². The maximum atomic E-state index is 12.5. The van der Waals surface area contributed by atoms with Crippen molar-refractivity contribution in [3.8, 4) is 0 Å². The molecule has 1 aliphatic carbocycles. The molecule has 1 saturated carbocycles. The lowest BCUT2D eigenvalue weighted by atomic mass is 9.74. The highest BCUT2D eigenvalue weighted by Crippen LogP contribution is 2.36. The molecule has 1 aromatic heterocycles. The summed E-state index contributed by atoms with van der Waals surface area (Å²) >= 11 is 9.71. The van der Waals surface area contributed by atoms with Gasteiger partial charge in [0.2, 0.25) is 11.9 Å². The Bertz CT molecular complexity index is 599. The number of carbonyl (C=O) groups excluding carboxylic acids is 1. The normalized spacial score (nSPS) is 31.9. The fourth-order valence-corrected chi connectivity index (χ4v) is 4.18. The van der Waals surface area contributed by atoms with Gasteiger partial charge in [-0.05, 0) is 61.4 Å². The number of hydrogen-bond acceptors (Lipinski definition) is 4. The SMILES string of the molecule is Cc1nc(N[C@@H](C)C2CC3CC(Cl)CCC3NC2=O)ncc1Br. The first-order chi connectivity index (χ1) is 10.9. The molecule has 2 heterocycles. The predicted octanol–water partition coefficient (Wildman–Crippen LogP) is 3.26. The van der Waals surface area contributed by atoms with Crippen molar-refractivity contribution in [1.29, 1.82) is 0 Å². The summed E-state index contributed by atoms with van der Waals surface area (Å²) in [5.74, 6) is 1.09. The number of nitrogens with zero attached hydrogens (tertiary/aromatic N) is 2. The highest BCUT2D eigenvalue weighted by Gasteiger charge is 2.41. The number of nitrogens with one attached hydrogen (secondary N) is 2. The standard InChI is InChI=1S/C16H22BrClN4O/c1-8(20-16-19-7-13(17)9(2)21-16)12-6-10-5-11(18)3-4-14(10)22-15(12)23/h7-8,10-12,14H,3-6H2,1-2H3,(H,22,23)(H,19,20,21)/t8-,10?,11?,12?,14?/m0/s1. The van der Waals surface area contributed by atoms with Crippen LogP contribution in [-0.2, 0) is 4.79 Å². The molecule has 3 rings (SSSR count). The molecule has 126 valence electrons. The van der Waals surface area contributed by atoms with Gasteiger partial charge in [-0.1, -0.05) is 0 Å². The summed E-state index contributed by atoms with van der Waals surface area (Å²) in [6, 6.07) is 0.277. The Labute approximate surface area is 150 Å². The molecule has 23 heavy (non-hydrogen) atoms. The van der Waals surface area contributed by atoms with E-state index in [0.717, 1.165) is 35.8 Å². The third-order valence-corrected chi connectivity index (χ3v) is 6.19. The Morgan fingerprint density at radius 1 is 1.43 bits per heavy atom. The number of anilines is 1. The molecule has 1 aliphatic heterocycles. The number of aryl methyl sites for hydroxylation is 1. The second kappa shape index (κ2) is 6.93. The van der Waals surface area contributed by atoms with Crippen LogP contribution in [0.25, 0.3) is 0 Å². The van der Waals surface area contributed by atoms with Crippen LogP contribution in [0.5, 0.6) is 0 Å². The number of rotatable bonds is 3. The van der Waals surface area contributed by atoms with E-state index in [-0.39, 0.29) is 23.2 Å². The molecule has 0 bridgehead atoms. The van der Waals surface area contributed by atoms with Crippen LogP contribution in [0.3, 0.4) is 0 Å². The molecular weight excluding hydrogens is 380 g/mol. The fraction of sp³-hybridized carbons (Fsp3) is 0.688. The number of carbonyl (C=O) groups is 1. The molecule has 0 radical (unpaired) electrons. The van der Waals surface area contributed by atoms with Crippen molar-refractivity contribution >= 4 is 39.4 Å². The van der Waals surface area contributed by atoms with Crippen LogP contribution in [0.4, 0.5) is 5.95 Å². The number of aromatic nitrogens is 2. The lowest BCUT2D eigenvalue weighted by Crippen LogP contribution is -2.55. The summed E-state index contributed by atoms with van der Waals surface area (Å²) in [7, 11) is 0. The molecule has 0 aromatic carbocycles. The lowest BCUT2D eigenvalue weighted by molar-refractivity contribution is -0.130. The Balaban J connectivity index is 1.67. The first-order valence-electron chi connectivity index (χ1n) is 8.14. The van der Waals surface area contributed by atoms with Crippen LogP contribution in [0.15, 0.2) is 10.7 Å². The van der Waals surface area contributed by atoms with Crippen molar-refractivity contribution in [2.75, 3.05) is 5.32 Å². The van der Waals surface area contributed by atoms with E-state index in [9.17, 15) is 4.79 Å². The van der Waals surface area contributed by atoms with Gasteiger partial charge in [-0.25, -0.2) is 9.97 Å². The minimum atomic E-state index is -0.0780. The van der Waals surface area contributed by atoms with E-state index in [1.807, 2.05) is 13.8 Å². The number of hydrogen-bond donors (Lipinski definition) is 2. The van der Waals surface area contributed by atoms with Crippen molar-refractivity contribution < 1.29 is 4.79 Å². The maximum Gasteiger partial charge on any atom is 0.225 e. The summed E-state index contributed by atoms with van der Waals surface area (Å²) in [4.78, 5) is 21.1. The molecule has 0 spiro atoms. The average molecular weight is 402 g/mol. The van der Waals surface area contributed by atoms with Crippen LogP contribution in [0.2, 0.25) is 0 Å². The van der Waals surface area contributed by atoms with Gasteiger partial charge in [0.1, 0.15) is 0 Å². The second-order valence-corrected chi connectivity index (χ2v) is 8.16. The maximum absolute atomic E-state index is 12.5. The van der Waals surface area contributed by atoms with Gasteiger partial charge >= 0.3 is 0 Å². The molecule has 2 fully saturated rings. The van der Waals surface area contributed by atoms with Crippen molar-refractivity contribution in [1.82, 2.24) is 15.3 Å². The zero-order chi connectivity index (χ0) is 16.6. The number of amides is 1. The summed E-state index contributed by atoms with van der Waals surface area (Å²) in [6.45, 7) is 3.94. The number of fused-ring (bicyclic) bond motifs is 1. The van der Waals surface area contributed by atoms with Gasteiger partial charge < -0.3 is 10.6 Å². The zero-order valence-corrected chi connectivity index (χ0v) is 15.7. The number of halogens is 2. The summed E-state index contributed by atoms with van der Waals surface area (Å²) < 4.78 is 0.879. The van der Waals surface area contributed by atoms with E-state index in [0.29, 0.717) is 17.9 Å². The highest BCUT2D eigenvalue weighted by atomic mass is 79.9. The Morgan fingerprint density at radius 2 is 2.22 bits per heavy atom. The molecule has 1 amide bonds. The Hall–Kier alpha value is -0.880. The van der Waals surface area contributed by atoms with E-state index in [2.05, 4.69) is 36.5 Å². The van der Waals surface area contributed by atoms with E-state index < -0.39 is 0 Å². The van der Waals surface area contributed by atoms with Crippen LogP contribution in [0, 0.1) is 18.8 Å². The minimum absolute atomic E-state index is 0.0211. The molecule has 5 nitrogen and oxygen atoms in total. The summed E-state index contributed by atoms with van der Waals surface area (Å²) in [6.07, 6.45) is 5.59. The monoisotopic (exact) mass is 400 g/mol. The lowest BCUT2D eigenvalue weighted by Gasteiger charge is -2.42. The average Bonchev–Trinajstić information content (AvgIpc) is 2.50. The first kappa shape index (κ1) is 17.0. The van der Waals surface area contributed by atoms with Crippen molar-refractivity contribution in [2.45, 2.75) is 57.0 Å². The summed E-state index contributed by atoms with van der Waals surface area (Å²) in [5, 5.41) is 6.71. The molecule has 4 unspecified atom stereocenters. The smallest absolute Gasteiger partial charge is 0.225 e.